The Morgan fingerprint density at radius 1 is 1.29 bits per heavy atom. The Kier molecular flexibility index (Phi) is 3.65. The van der Waals surface area contributed by atoms with E-state index in [1.807, 2.05) is 0 Å². The first-order chi connectivity index (χ1) is 8.19. The van der Waals surface area contributed by atoms with Crippen LogP contribution in [0, 0.1) is 5.82 Å². The second-order valence-electron chi connectivity index (χ2n) is 3.26. The fourth-order valence-corrected chi connectivity index (χ4v) is 1.50. The molecule has 6 heteroatoms. The summed E-state index contributed by atoms with van der Waals surface area (Å²) in [5, 5.41) is 0. The Morgan fingerprint density at radius 3 is 2.59 bits per heavy atom. The van der Waals surface area contributed by atoms with Crippen LogP contribution in [0.3, 0.4) is 0 Å². The molecule has 0 atom stereocenters. The highest BCUT2D eigenvalue weighted by Crippen LogP contribution is 2.24. The number of ether oxygens (including phenoxy) is 1. The summed E-state index contributed by atoms with van der Waals surface area (Å²) in [5.41, 5.74) is 6.24. The van der Waals surface area contributed by atoms with Gasteiger partial charge in [-0.1, -0.05) is 0 Å². The van der Waals surface area contributed by atoms with Crippen molar-refractivity contribution in [1.29, 1.82) is 0 Å². The maximum atomic E-state index is 13.0. The monoisotopic (exact) mass is 297 g/mol. The molecule has 1 aromatic heterocycles. The molecule has 4 nitrogen and oxygen atoms in total. The lowest BCUT2D eigenvalue weighted by atomic mass is 10.3. The lowest BCUT2D eigenvalue weighted by Crippen LogP contribution is -1.99. The number of rotatable bonds is 3. The first-order valence-corrected chi connectivity index (χ1v) is 5.62. The van der Waals surface area contributed by atoms with Gasteiger partial charge in [-0.05, 0) is 34.1 Å². The third-order valence-electron chi connectivity index (χ3n) is 2.02. The summed E-state index contributed by atoms with van der Waals surface area (Å²) in [7, 11) is 0. The van der Waals surface area contributed by atoms with Gasteiger partial charge in [0.2, 0.25) is 0 Å². The van der Waals surface area contributed by atoms with Gasteiger partial charge in [-0.25, -0.2) is 14.4 Å². The van der Waals surface area contributed by atoms with Gasteiger partial charge >= 0.3 is 6.01 Å². The van der Waals surface area contributed by atoms with Crippen LogP contribution in [0.1, 0.15) is 5.56 Å². The molecule has 0 fully saturated rings. The highest BCUT2D eigenvalue weighted by atomic mass is 79.9. The molecule has 2 aromatic rings. The maximum absolute atomic E-state index is 13.0. The predicted octanol–water partition coefficient (Wildman–Crippen LogP) is 2.63. The van der Waals surface area contributed by atoms with Crippen LogP contribution < -0.4 is 10.5 Å². The molecule has 2 N–H and O–H groups in total. The highest BCUT2D eigenvalue weighted by Gasteiger charge is 2.04. The third-order valence-corrected chi connectivity index (χ3v) is 2.63. The first kappa shape index (κ1) is 11.9. The number of hydrogen-bond donors (Lipinski definition) is 1. The quantitative estimate of drug-likeness (QED) is 0.946. The number of hydrogen-bond acceptors (Lipinski definition) is 4. The van der Waals surface area contributed by atoms with E-state index in [0.29, 0.717) is 16.8 Å². The van der Waals surface area contributed by atoms with Crippen LogP contribution in [0.4, 0.5) is 4.39 Å². The number of nitrogens with zero attached hydrogens (tertiary/aromatic N) is 2. The van der Waals surface area contributed by atoms with Crippen LogP contribution in [-0.2, 0) is 6.54 Å². The fourth-order valence-electron chi connectivity index (χ4n) is 1.15. The standard InChI is InChI=1S/C11H9BrFN3O/c12-9-3-8(1-2-10(9)13)17-11-15-5-7(4-14)6-16-11/h1-3,5-6H,4,14H2. The van der Waals surface area contributed by atoms with Gasteiger partial charge in [0.15, 0.2) is 0 Å². The molecule has 0 aliphatic rings. The number of aromatic nitrogens is 2. The van der Waals surface area contributed by atoms with Crippen LogP contribution in [0.5, 0.6) is 11.8 Å². The minimum Gasteiger partial charge on any atom is -0.424 e. The van der Waals surface area contributed by atoms with E-state index in [0.717, 1.165) is 5.56 Å². The van der Waals surface area contributed by atoms with E-state index in [1.165, 1.54) is 18.2 Å². The smallest absolute Gasteiger partial charge is 0.321 e. The van der Waals surface area contributed by atoms with Gasteiger partial charge in [-0.15, -0.1) is 0 Å². The van der Waals surface area contributed by atoms with Crippen molar-refractivity contribution in [2.75, 3.05) is 0 Å². The van der Waals surface area contributed by atoms with Crippen molar-refractivity contribution in [2.24, 2.45) is 5.73 Å². The zero-order valence-corrected chi connectivity index (χ0v) is 10.3. The minimum atomic E-state index is -0.350. The van der Waals surface area contributed by atoms with Gasteiger partial charge in [0, 0.05) is 24.5 Å². The third kappa shape index (κ3) is 2.98. The van der Waals surface area contributed by atoms with Gasteiger partial charge in [-0.2, -0.15) is 0 Å². The molecule has 0 aliphatic heterocycles. The van der Waals surface area contributed by atoms with Crippen molar-refractivity contribution in [1.82, 2.24) is 9.97 Å². The van der Waals surface area contributed by atoms with Gasteiger partial charge in [0.05, 0.1) is 4.47 Å². The zero-order chi connectivity index (χ0) is 12.3. The molecule has 0 spiro atoms. The van der Waals surface area contributed by atoms with Crippen LogP contribution >= 0.6 is 15.9 Å². The zero-order valence-electron chi connectivity index (χ0n) is 8.73. The largest absolute Gasteiger partial charge is 0.424 e. The van der Waals surface area contributed by atoms with Crippen LogP contribution in [0.2, 0.25) is 0 Å². The fraction of sp³-hybridized carbons (Fsp3) is 0.0909. The van der Waals surface area contributed by atoms with Gasteiger partial charge < -0.3 is 10.5 Å². The van der Waals surface area contributed by atoms with Crippen molar-refractivity contribution < 1.29 is 9.13 Å². The van der Waals surface area contributed by atoms with E-state index in [1.54, 1.807) is 12.4 Å². The molecule has 1 heterocycles. The van der Waals surface area contributed by atoms with Gasteiger partial charge in [0.1, 0.15) is 11.6 Å². The number of benzene rings is 1. The Bertz CT molecular complexity index is 519. The average Bonchev–Trinajstić information content (AvgIpc) is 2.35. The summed E-state index contributed by atoms with van der Waals surface area (Å²) < 4.78 is 18.7. The van der Waals surface area contributed by atoms with E-state index in [2.05, 4.69) is 25.9 Å². The first-order valence-electron chi connectivity index (χ1n) is 4.83. The van der Waals surface area contributed by atoms with Gasteiger partial charge in [0.25, 0.3) is 0 Å². The molecular weight excluding hydrogens is 289 g/mol. The molecule has 2 rings (SSSR count). The van der Waals surface area contributed by atoms with Crippen molar-refractivity contribution in [2.45, 2.75) is 6.54 Å². The lowest BCUT2D eigenvalue weighted by Gasteiger charge is -2.04. The molecule has 0 bridgehead atoms. The normalized spacial score (nSPS) is 10.3. The molecule has 17 heavy (non-hydrogen) atoms. The summed E-state index contributed by atoms with van der Waals surface area (Å²) >= 11 is 3.07. The number of nitrogens with two attached hydrogens (primary N) is 1. The molecule has 0 amide bonds. The second kappa shape index (κ2) is 5.20. The number of halogens is 2. The summed E-state index contributed by atoms with van der Waals surface area (Å²) in [6, 6.07) is 4.50. The Balaban J connectivity index is 2.16. The van der Waals surface area contributed by atoms with Crippen molar-refractivity contribution >= 4 is 15.9 Å². The molecular formula is C11H9BrFN3O. The van der Waals surface area contributed by atoms with E-state index < -0.39 is 0 Å². The van der Waals surface area contributed by atoms with Crippen molar-refractivity contribution in [3.05, 3.63) is 46.4 Å². The molecule has 88 valence electrons. The van der Waals surface area contributed by atoms with E-state index in [9.17, 15) is 4.39 Å². The topological polar surface area (TPSA) is 61.0 Å². The van der Waals surface area contributed by atoms with Crippen molar-refractivity contribution in [3.8, 4) is 11.8 Å². The lowest BCUT2D eigenvalue weighted by molar-refractivity contribution is 0.439. The van der Waals surface area contributed by atoms with E-state index >= 15 is 0 Å². The molecule has 0 saturated heterocycles. The predicted molar refractivity (Wildman–Crippen MR) is 64.1 cm³/mol. The van der Waals surface area contributed by atoms with Crippen LogP contribution in [0.15, 0.2) is 35.1 Å². The molecule has 1 aromatic carbocycles. The van der Waals surface area contributed by atoms with E-state index in [-0.39, 0.29) is 11.8 Å². The second-order valence-corrected chi connectivity index (χ2v) is 4.11. The van der Waals surface area contributed by atoms with E-state index in [4.69, 9.17) is 10.5 Å². The summed E-state index contributed by atoms with van der Waals surface area (Å²) in [4.78, 5) is 7.95. The highest BCUT2D eigenvalue weighted by molar-refractivity contribution is 9.10. The van der Waals surface area contributed by atoms with Crippen LogP contribution in [-0.4, -0.2) is 9.97 Å². The summed E-state index contributed by atoms with van der Waals surface area (Å²) in [6.07, 6.45) is 3.17. The Morgan fingerprint density at radius 2 is 2.00 bits per heavy atom. The molecule has 0 aliphatic carbocycles. The van der Waals surface area contributed by atoms with Gasteiger partial charge in [-0.3, -0.25) is 0 Å². The molecule has 0 saturated carbocycles. The van der Waals surface area contributed by atoms with Crippen LogP contribution in [0.25, 0.3) is 0 Å². The Labute approximate surface area is 106 Å². The average molecular weight is 298 g/mol. The molecule has 0 radical (unpaired) electrons. The summed E-state index contributed by atoms with van der Waals surface area (Å²) in [5.74, 6) is 0.107. The summed E-state index contributed by atoms with van der Waals surface area (Å²) in [6.45, 7) is 0.377. The maximum Gasteiger partial charge on any atom is 0.321 e. The minimum absolute atomic E-state index is 0.195. The van der Waals surface area contributed by atoms with Crippen molar-refractivity contribution in [3.63, 3.8) is 0 Å². The Hall–Kier alpha value is -1.53. The SMILES string of the molecule is NCc1cnc(Oc2ccc(F)c(Br)c2)nc1. The molecule has 0 unspecified atom stereocenters.